The standard InChI is InChI=1S/C16H15ClN2OS/c1-9-6-13(18)12(17)7-14(9)19-16(20)11-8-21-15-5-3-2-4-10(11)15/h2-7,11H,8,18H2,1H3,(H,19,20). The van der Waals surface area contributed by atoms with Crippen molar-refractivity contribution in [2.45, 2.75) is 17.7 Å². The fraction of sp³-hybridized carbons (Fsp3) is 0.188. The molecule has 21 heavy (non-hydrogen) atoms. The number of nitrogens with one attached hydrogen (secondary N) is 1. The van der Waals surface area contributed by atoms with Crippen LogP contribution in [0.4, 0.5) is 11.4 Å². The van der Waals surface area contributed by atoms with E-state index >= 15 is 0 Å². The number of halogens is 1. The van der Waals surface area contributed by atoms with E-state index in [-0.39, 0.29) is 11.8 Å². The summed E-state index contributed by atoms with van der Waals surface area (Å²) in [6.07, 6.45) is 0. The van der Waals surface area contributed by atoms with Crippen molar-refractivity contribution >= 4 is 40.6 Å². The Bertz CT molecular complexity index is 717. The molecule has 108 valence electrons. The van der Waals surface area contributed by atoms with Crippen LogP contribution in [0.3, 0.4) is 0 Å². The van der Waals surface area contributed by atoms with Gasteiger partial charge in [0, 0.05) is 16.3 Å². The van der Waals surface area contributed by atoms with Crippen LogP contribution in [0.15, 0.2) is 41.3 Å². The molecule has 5 heteroatoms. The molecule has 1 unspecified atom stereocenters. The van der Waals surface area contributed by atoms with E-state index in [1.807, 2.05) is 25.1 Å². The highest BCUT2D eigenvalue weighted by Gasteiger charge is 2.29. The molecule has 0 saturated carbocycles. The summed E-state index contributed by atoms with van der Waals surface area (Å²) in [6.45, 7) is 1.90. The lowest BCUT2D eigenvalue weighted by Gasteiger charge is -2.14. The minimum Gasteiger partial charge on any atom is -0.398 e. The average molecular weight is 319 g/mol. The molecule has 1 aliphatic rings. The molecule has 3 nitrogen and oxygen atoms in total. The number of amides is 1. The molecule has 2 aromatic carbocycles. The largest absolute Gasteiger partial charge is 0.398 e. The van der Waals surface area contributed by atoms with Crippen molar-refractivity contribution in [3.63, 3.8) is 0 Å². The van der Waals surface area contributed by atoms with Gasteiger partial charge in [-0.15, -0.1) is 11.8 Å². The summed E-state index contributed by atoms with van der Waals surface area (Å²) >= 11 is 7.75. The lowest BCUT2D eigenvalue weighted by Crippen LogP contribution is -2.21. The second kappa shape index (κ2) is 5.62. The normalized spacial score (nSPS) is 16.6. The highest BCUT2D eigenvalue weighted by molar-refractivity contribution is 7.99. The van der Waals surface area contributed by atoms with Gasteiger partial charge in [0.25, 0.3) is 0 Å². The first-order valence-electron chi connectivity index (χ1n) is 6.64. The van der Waals surface area contributed by atoms with Gasteiger partial charge in [0.2, 0.25) is 5.91 Å². The molecule has 3 rings (SSSR count). The van der Waals surface area contributed by atoms with Gasteiger partial charge in [-0.1, -0.05) is 29.8 Å². The molecule has 0 spiro atoms. The van der Waals surface area contributed by atoms with Crippen molar-refractivity contribution in [3.05, 3.63) is 52.5 Å². The number of carbonyl (C=O) groups excluding carboxylic acids is 1. The van der Waals surface area contributed by atoms with Crippen LogP contribution in [0.5, 0.6) is 0 Å². The fourth-order valence-corrected chi connectivity index (χ4v) is 3.83. The Hall–Kier alpha value is -1.65. The quantitative estimate of drug-likeness (QED) is 0.821. The predicted octanol–water partition coefficient (Wildman–Crippen LogP) is 4.06. The summed E-state index contributed by atoms with van der Waals surface area (Å²) < 4.78 is 0. The molecule has 0 bridgehead atoms. The molecule has 1 atom stereocenters. The van der Waals surface area contributed by atoms with Crippen LogP contribution < -0.4 is 11.1 Å². The van der Waals surface area contributed by atoms with Gasteiger partial charge in [0.05, 0.1) is 16.6 Å². The number of hydrogen-bond donors (Lipinski definition) is 2. The molecule has 0 radical (unpaired) electrons. The molecule has 1 amide bonds. The van der Waals surface area contributed by atoms with Gasteiger partial charge in [-0.3, -0.25) is 4.79 Å². The van der Waals surface area contributed by atoms with E-state index in [9.17, 15) is 4.79 Å². The fourth-order valence-electron chi connectivity index (χ4n) is 2.44. The number of aryl methyl sites for hydroxylation is 1. The van der Waals surface area contributed by atoms with Crippen LogP contribution in [0.1, 0.15) is 17.0 Å². The highest BCUT2D eigenvalue weighted by Crippen LogP contribution is 2.40. The van der Waals surface area contributed by atoms with Crippen molar-refractivity contribution in [1.29, 1.82) is 0 Å². The van der Waals surface area contributed by atoms with E-state index in [1.54, 1.807) is 23.9 Å². The van der Waals surface area contributed by atoms with Crippen LogP contribution >= 0.6 is 23.4 Å². The molecule has 2 aromatic rings. The molecule has 0 aliphatic carbocycles. The number of thioether (sulfide) groups is 1. The molecular formula is C16H15ClN2OS. The van der Waals surface area contributed by atoms with Gasteiger partial charge in [0.15, 0.2) is 0 Å². The van der Waals surface area contributed by atoms with Crippen molar-refractivity contribution < 1.29 is 4.79 Å². The minimum atomic E-state index is -0.123. The minimum absolute atomic E-state index is 0.00334. The van der Waals surface area contributed by atoms with Crippen molar-refractivity contribution in [2.24, 2.45) is 0 Å². The second-order valence-corrected chi connectivity index (χ2v) is 6.55. The topological polar surface area (TPSA) is 55.1 Å². The summed E-state index contributed by atoms with van der Waals surface area (Å²) in [4.78, 5) is 13.7. The Morgan fingerprint density at radius 2 is 2.14 bits per heavy atom. The summed E-state index contributed by atoms with van der Waals surface area (Å²) in [7, 11) is 0. The SMILES string of the molecule is Cc1cc(N)c(Cl)cc1NC(=O)C1CSc2ccccc21. The Balaban J connectivity index is 1.84. The zero-order valence-corrected chi connectivity index (χ0v) is 13.1. The Kier molecular flexibility index (Phi) is 3.83. The Morgan fingerprint density at radius 1 is 1.38 bits per heavy atom. The monoisotopic (exact) mass is 318 g/mol. The lowest BCUT2D eigenvalue weighted by molar-refractivity contribution is -0.117. The molecule has 3 N–H and O–H groups in total. The van der Waals surface area contributed by atoms with E-state index in [1.165, 1.54) is 4.90 Å². The first-order chi connectivity index (χ1) is 10.1. The number of benzene rings is 2. The molecule has 0 fully saturated rings. The number of nitrogens with two attached hydrogens (primary N) is 1. The van der Waals surface area contributed by atoms with Crippen LogP contribution in [-0.2, 0) is 4.79 Å². The van der Waals surface area contributed by atoms with E-state index in [2.05, 4.69) is 11.4 Å². The molecule has 1 heterocycles. The summed E-state index contributed by atoms with van der Waals surface area (Å²) in [5.74, 6) is 0.644. The Labute approximate surface area is 132 Å². The maximum Gasteiger partial charge on any atom is 0.232 e. The third-order valence-electron chi connectivity index (χ3n) is 3.62. The highest BCUT2D eigenvalue weighted by atomic mass is 35.5. The van der Waals surface area contributed by atoms with Gasteiger partial charge in [-0.25, -0.2) is 0 Å². The smallest absolute Gasteiger partial charge is 0.232 e. The van der Waals surface area contributed by atoms with Crippen molar-refractivity contribution in [1.82, 2.24) is 0 Å². The first kappa shape index (κ1) is 14.3. The summed E-state index contributed by atoms with van der Waals surface area (Å²) in [5, 5.41) is 3.42. The molecule has 0 saturated heterocycles. The van der Waals surface area contributed by atoms with Crippen LogP contribution in [0.2, 0.25) is 5.02 Å². The van der Waals surface area contributed by atoms with Crippen LogP contribution in [0.25, 0.3) is 0 Å². The number of fused-ring (bicyclic) bond motifs is 1. The number of carbonyl (C=O) groups is 1. The van der Waals surface area contributed by atoms with Gasteiger partial charge in [-0.05, 0) is 36.2 Å². The first-order valence-corrected chi connectivity index (χ1v) is 8.01. The van der Waals surface area contributed by atoms with Crippen molar-refractivity contribution in [3.8, 4) is 0 Å². The zero-order valence-electron chi connectivity index (χ0n) is 11.5. The van der Waals surface area contributed by atoms with Gasteiger partial charge < -0.3 is 11.1 Å². The van der Waals surface area contributed by atoms with Crippen molar-refractivity contribution in [2.75, 3.05) is 16.8 Å². The van der Waals surface area contributed by atoms with Gasteiger partial charge >= 0.3 is 0 Å². The zero-order chi connectivity index (χ0) is 15.0. The maximum absolute atomic E-state index is 12.5. The average Bonchev–Trinajstić information content (AvgIpc) is 2.88. The number of rotatable bonds is 2. The second-order valence-electron chi connectivity index (χ2n) is 5.08. The maximum atomic E-state index is 12.5. The van der Waals surface area contributed by atoms with E-state index in [0.717, 1.165) is 16.9 Å². The van der Waals surface area contributed by atoms with E-state index < -0.39 is 0 Å². The van der Waals surface area contributed by atoms with Gasteiger partial charge in [0.1, 0.15) is 0 Å². The predicted molar refractivity (Wildman–Crippen MR) is 89.1 cm³/mol. The summed E-state index contributed by atoms with van der Waals surface area (Å²) in [5.41, 5.74) is 9.00. The van der Waals surface area contributed by atoms with E-state index in [0.29, 0.717) is 16.4 Å². The summed E-state index contributed by atoms with van der Waals surface area (Å²) in [6, 6.07) is 11.5. The Morgan fingerprint density at radius 3 is 2.95 bits per heavy atom. The third kappa shape index (κ3) is 2.74. The number of nitrogen functional groups attached to an aromatic ring is 1. The van der Waals surface area contributed by atoms with Gasteiger partial charge in [-0.2, -0.15) is 0 Å². The van der Waals surface area contributed by atoms with E-state index in [4.69, 9.17) is 17.3 Å². The third-order valence-corrected chi connectivity index (χ3v) is 5.13. The molecule has 0 aromatic heterocycles. The number of anilines is 2. The van der Waals surface area contributed by atoms with Crippen LogP contribution in [0, 0.1) is 6.92 Å². The molecule has 1 aliphatic heterocycles. The van der Waals surface area contributed by atoms with Crippen LogP contribution in [-0.4, -0.2) is 11.7 Å². The molecular weight excluding hydrogens is 304 g/mol. The number of hydrogen-bond acceptors (Lipinski definition) is 3. The lowest BCUT2D eigenvalue weighted by atomic mass is 10.0.